The van der Waals surface area contributed by atoms with Gasteiger partial charge in [-0.2, -0.15) is 5.10 Å². The first-order valence-corrected chi connectivity index (χ1v) is 7.41. The zero-order valence-electron chi connectivity index (χ0n) is 10.2. The van der Waals surface area contributed by atoms with Gasteiger partial charge in [0.15, 0.2) is 0 Å². The molecule has 18 heavy (non-hydrogen) atoms. The summed E-state index contributed by atoms with van der Waals surface area (Å²) in [5.41, 5.74) is 2.10. The number of hydrogen-bond acceptors (Lipinski definition) is 3. The van der Waals surface area contributed by atoms with Gasteiger partial charge in [0.25, 0.3) is 0 Å². The van der Waals surface area contributed by atoms with Gasteiger partial charge in [0.1, 0.15) is 6.10 Å². The number of aromatic nitrogens is 2. The molecule has 96 valence electrons. The van der Waals surface area contributed by atoms with Crippen molar-refractivity contribution in [2.45, 2.75) is 38.8 Å². The van der Waals surface area contributed by atoms with E-state index in [0.717, 1.165) is 17.7 Å². The number of nitrogens with zero attached hydrogens (tertiary/aromatic N) is 2. The maximum absolute atomic E-state index is 10.5. The van der Waals surface area contributed by atoms with Crippen molar-refractivity contribution in [1.82, 2.24) is 9.78 Å². The molecule has 1 N–H and O–H groups in total. The third kappa shape index (κ3) is 1.88. The van der Waals surface area contributed by atoms with Gasteiger partial charge in [-0.3, -0.25) is 4.68 Å². The molecule has 1 aliphatic carbocycles. The van der Waals surface area contributed by atoms with Crippen LogP contribution in [0.5, 0.6) is 0 Å². The minimum atomic E-state index is -0.657. The van der Waals surface area contributed by atoms with Crippen LogP contribution in [0.4, 0.5) is 0 Å². The fraction of sp³-hybridized carbons (Fsp3) is 0.462. The maximum Gasteiger partial charge on any atom is 0.131 e. The van der Waals surface area contributed by atoms with Crippen LogP contribution in [0.15, 0.2) is 12.3 Å². The van der Waals surface area contributed by atoms with Crippen LogP contribution in [-0.2, 0) is 19.4 Å². The van der Waals surface area contributed by atoms with E-state index in [1.807, 2.05) is 6.92 Å². The topological polar surface area (TPSA) is 38.0 Å². The molecule has 0 bridgehead atoms. The zero-order valence-corrected chi connectivity index (χ0v) is 11.8. The van der Waals surface area contributed by atoms with Gasteiger partial charge in [-0.15, -0.1) is 11.3 Å². The smallest absolute Gasteiger partial charge is 0.131 e. The SMILES string of the molecule is CCn1ncc(Cl)c1C(O)c1cc2c(s1)CCC2. The van der Waals surface area contributed by atoms with Crippen LogP contribution in [0.1, 0.15) is 40.5 Å². The molecule has 3 rings (SSSR count). The van der Waals surface area contributed by atoms with E-state index in [1.165, 1.54) is 16.9 Å². The maximum atomic E-state index is 10.5. The van der Waals surface area contributed by atoms with Gasteiger partial charge in [0.05, 0.1) is 16.9 Å². The number of thiophene rings is 1. The Balaban J connectivity index is 1.98. The van der Waals surface area contributed by atoms with Crippen molar-refractivity contribution in [3.8, 4) is 0 Å². The summed E-state index contributed by atoms with van der Waals surface area (Å²) in [6, 6.07) is 2.13. The molecule has 0 radical (unpaired) electrons. The second-order valence-corrected chi connectivity index (χ2v) is 6.12. The summed E-state index contributed by atoms with van der Waals surface area (Å²) in [5, 5.41) is 15.2. The zero-order chi connectivity index (χ0) is 12.7. The van der Waals surface area contributed by atoms with E-state index in [9.17, 15) is 5.11 Å². The highest BCUT2D eigenvalue weighted by molar-refractivity contribution is 7.12. The largest absolute Gasteiger partial charge is 0.381 e. The molecule has 1 unspecified atom stereocenters. The number of aliphatic hydroxyl groups is 1. The molecule has 5 heteroatoms. The van der Waals surface area contributed by atoms with Gasteiger partial charge in [0.2, 0.25) is 0 Å². The van der Waals surface area contributed by atoms with Crippen LogP contribution in [0.3, 0.4) is 0 Å². The Bertz CT molecular complexity index is 554. The van der Waals surface area contributed by atoms with Gasteiger partial charge in [-0.1, -0.05) is 11.6 Å². The van der Waals surface area contributed by atoms with Crippen LogP contribution >= 0.6 is 22.9 Å². The fourth-order valence-electron chi connectivity index (χ4n) is 2.52. The highest BCUT2D eigenvalue weighted by atomic mass is 35.5. The average molecular weight is 283 g/mol. The van der Waals surface area contributed by atoms with Gasteiger partial charge < -0.3 is 5.11 Å². The normalized spacial score (nSPS) is 15.9. The first-order valence-electron chi connectivity index (χ1n) is 6.21. The number of fused-ring (bicyclic) bond motifs is 1. The summed E-state index contributed by atoms with van der Waals surface area (Å²) in [6.45, 7) is 2.71. The van der Waals surface area contributed by atoms with E-state index in [-0.39, 0.29) is 0 Å². The van der Waals surface area contributed by atoms with Crippen molar-refractivity contribution < 1.29 is 5.11 Å². The van der Waals surface area contributed by atoms with E-state index in [2.05, 4.69) is 11.2 Å². The van der Waals surface area contributed by atoms with E-state index in [0.29, 0.717) is 17.3 Å². The molecule has 2 aromatic heterocycles. The summed E-state index contributed by atoms with van der Waals surface area (Å²) in [4.78, 5) is 2.40. The number of halogens is 1. The molecule has 0 aliphatic heterocycles. The number of rotatable bonds is 3. The molecule has 3 nitrogen and oxygen atoms in total. The average Bonchev–Trinajstić information content (AvgIpc) is 3.00. The Kier molecular flexibility index (Phi) is 3.18. The Morgan fingerprint density at radius 3 is 3.11 bits per heavy atom. The van der Waals surface area contributed by atoms with Crippen LogP contribution in [0, 0.1) is 0 Å². The van der Waals surface area contributed by atoms with E-state index in [4.69, 9.17) is 11.6 Å². The molecule has 0 amide bonds. The lowest BCUT2D eigenvalue weighted by molar-refractivity contribution is 0.212. The molecule has 2 heterocycles. The molecule has 1 aliphatic rings. The van der Waals surface area contributed by atoms with Crippen molar-refractivity contribution in [2.24, 2.45) is 0 Å². The van der Waals surface area contributed by atoms with Crippen molar-refractivity contribution >= 4 is 22.9 Å². The molecular weight excluding hydrogens is 268 g/mol. The summed E-state index contributed by atoms with van der Waals surface area (Å²) in [5.74, 6) is 0. The monoisotopic (exact) mass is 282 g/mol. The number of aliphatic hydroxyl groups excluding tert-OH is 1. The Hall–Kier alpha value is -0.840. The molecule has 0 saturated heterocycles. The summed E-state index contributed by atoms with van der Waals surface area (Å²) >= 11 is 7.83. The van der Waals surface area contributed by atoms with Gasteiger partial charge >= 0.3 is 0 Å². The molecular formula is C13H15ClN2OS. The highest BCUT2D eigenvalue weighted by Gasteiger charge is 2.24. The number of aryl methyl sites for hydroxylation is 3. The van der Waals surface area contributed by atoms with Crippen LogP contribution in [-0.4, -0.2) is 14.9 Å². The Morgan fingerprint density at radius 1 is 1.56 bits per heavy atom. The first-order chi connectivity index (χ1) is 8.70. The molecule has 0 fully saturated rings. The van der Waals surface area contributed by atoms with Crippen molar-refractivity contribution in [2.75, 3.05) is 0 Å². The minimum absolute atomic E-state index is 0.540. The Labute approximate surface area is 115 Å². The molecule has 1 atom stereocenters. The predicted molar refractivity (Wildman–Crippen MR) is 73.3 cm³/mol. The number of hydrogen-bond donors (Lipinski definition) is 1. The van der Waals surface area contributed by atoms with Crippen LogP contribution < -0.4 is 0 Å². The lowest BCUT2D eigenvalue weighted by Crippen LogP contribution is -2.08. The van der Waals surface area contributed by atoms with Gasteiger partial charge in [0, 0.05) is 16.3 Å². The predicted octanol–water partition coefficient (Wildman–Crippen LogP) is 3.19. The third-order valence-corrected chi connectivity index (χ3v) is 5.01. The van der Waals surface area contributed by atoms with Crippen molar-refractivity contribution in [3.05, 3.63) is 38.3 Å². The van der Waals surface area contributed by atoms with E-state index in [1.54, 1.807) is 22.2 Å². The van der Waals surface area contributed by atoms with Gasteiger partial charge in [-0.05, 0) is 37.8 Å². The van der Waals surface area contributed by atoms with Gasteiger partial charge in [-0.25, -0.2) is 0 Å². The first kappa shape index (κ1) is 12.2. The standard InChI is InChI=1S/C13H15ClN2OS/c1-2-16-12(9(14)7-15-16)13(17)11-6-8-4-3-5-10(8)18-11/h6-7,13,17H,2-5H2,1H3. The molecule has 0 saturated carbocycles. The van der Waals surface area contributed by atoms with E-state index < -0.39 is 6.10 Å². The van der Waals surface area contributed by atoms with Crippen molar-refractivity contribution in [1.29, 1.82) is 0 Å². The van der Waals surface area contributed by atoms with Crippen LogP contribution in [0.25, 0.3) is 0 Å². The quantitative estimate of drug-likeness (QED) is 0.939. The Morgan fingerprint density at radius 2 is 2.39 bits per heavy atom. The molecule has 2 aromatic rings. The third-order valence-electron chi connectivity index (χ3n) is 3.43. The minimum Gasteiger partial charge on any atom is -0.381 e. The lowest BCUT2D eigenvalue weighted by Gasteiger charge is -2.11. The fourth-order valence-corrected chi connectivity index (χ4v) is 4.01. The molecule has 0 spiro atoms. The highest BCUT2D eigenvalue weighted by Crippen LogP contribution is 2.37. The van der Waals surface area contributed by atoms with Crippen LogP contribution in [0.2, 0.25) is 5.02 Å². The summed E-state index contributed by atoms with van der Waals surface area (Å²) in [7, 11) is 0. The molecule has 0 aromatic carbocycles. The van der Waals surface area contributed by atoms with Crippen molar-refractivity contribution in [3.63, 3.8) is 0 Å². The second-order valence-electron chi connectivity index (χ2n) is 4.55. The summed E-state index contributed by atoms with van der Waals surface area (Å²) < 4.78 is 1.76. The second kappa shape index (κ2) is 4.68. The lowest BCUT2D eigenvalue weighted by atomic mass is 10.1. The van der Waals surface area contributed by atoms with E-state index >= 15 is 0 Å². The summed E-state index contributed by atoms with van der Waals surface area (Å²) in [6.07, 6.45) is 4.47.